The number of hydrogen-bond acceptors (Lipinski definition) is 2. The summed E-state index contributed by atoms with van der Waals surface area (Å²) in [7, 11) is -2.52. The minimum absolute atomic E-state index is 0.212. The molecule has 1 aliphatic heterocycles. The Hall–Kier alpha value is -1.48. The maximum atomic E-state index is 8.45. The molecule has 17 heavy (non-hydrogen) atoms. The van der Waals surface area contributed by atoms with Crippen molar-refractivity contribution in [3.8, 4) is 5.75 Å². The van der Waals surface area contributed by atoms with Crippen LogP contribution in [0.15, 0.2) is 24.4 Å². The van der Waals surface area contributed by atoms with Crippen LogP contribution >= 0.6 is 0 Å². The molecule has 0 saturated carbocycles. The first-order valence-electron chi connectivity index (χ1n) is 8.31. The summed E-state index contributed by atoms with van der Waals surface area (Å²) in [6.07, 6.45) is 1.86. The molecule has 0 bridgehead atoms. The number of aromatic nitrogens is 1. The summed E-state index contributed by atoms with van der Waals surface area (Å²) in [5, 5.41) is 3.85. The molecule has 2 N–H and O–H groups in total. The zero-order valence-electron chi connectivity index (χ0n) is 14.4. The molecule has 1 fully saturated rings. The summed E-state index contributed by atoms with van der Waals surface area (Å²) < 4.78 is 43.3. The van der Waals surface area contributed by atoms with Gasteiger partial charge in [0.1, 0.15) is 5.75 Å². The fraction of sp³-hybridized carbons (Fsp3) is 0.429. The molecule has 1 aromatic heterocycles. The zero-order chi connectivity index (χ0) is 16.0. The SMILES string of the molecule is [2H]C([2H])([2H])Oc1ccc2[nH]cc(C([2H])([2H])[C@@H]3CCCN3)c2c1. The maximum Gasteiger partial charge on any atom is 0.119 e. The third-order valence-electron chi connectivity index (χ3n) is 3.16. The van der Waals surface area contributed by atoms with Crippen LogP contribution in [0.1, 0.15) is 25.3 Å². The van der Waals surface area contributed by atoms with E-state index in [2.05, 4.69) is 10.3 Å². The van der Waals surface area contributed by atoms with Crippen molar-refractivity contribution in [3.63, 3.8) is 0 Å². The van der Waals surface area contributed by atoms with Crippen LogP contribution in [0, 0.1) is 0 Å². The fourth-order valence-corrected chi connectivity index (χ4v) is 2.28. The molecule has 0 spiro atoms. The fourth-order valence-electron chi connectivity index (χ4n) is 2.28. The summed E-state index contributed by atoms with van der Waals surface area (Å²) in [5.41, 5.74) is 1.28. The number of fused-ring (bicyclic) bond motifs is 1. The predicted octanol–water partition coefficient (Wildman–Crippen LogP) is 2.47. The number of ether oxygens (including phenoxy) is 1. The second-order valence-electron chi connectivity index (χ2n) is 4.31. The molecule has 3 nitrogen and oxygen atoms in total. The van der Waals surface area contributed by atoms with Crippen molar-refractivity contribution in [3.05, 3.63) is 30.0 Å². The topological polar surface area (TPSA) is 37.0 Å². The number of aromatic amines is 1. The quantitative estimate of drug-likeness (QED) is 0.857. The summed E-state index contributed by atoms with van der Waals surface area (Å²) >= 11 is 0. The predicted molar refractivity (Wildman–Crippen MR) is 69.6 cm³/mol. The van der Waals surface area contributed by atoms with E-state index in [1.54, 1.807) is 24.4 Å². The monoisotopic (exact) mass is 235 g/mol. The van der Waals surface area contributed by atoms with Crippen molar-refractivity contribution in [2.45, 2.75) is 25.3 Å². The Morgan fingerprint density at radius 3 is 3.41 bits per heavy atom. The Kier molecular flexibility index (Phi) is 1.68. The van der Waals surface area contributed by atoms with Crippen molar-refractivity contribution < 1.29 is 11.6 Å². The summed E-state index contributed by atoms with van der Waals surface area (Å²) in [4.78, 5) is 3.04. The first-order chi connectivity index (χ1) is 10.3. The van der Waals surface area contributed by atoms with Gasteiger partial charge in [-0.15, -0.1) is 0 Å². The van der Waals surface area contributed by atoms with E-state index in [0.29, 0.717) is 10.9 Å². The second-order valence-corrected chi connectivity index (χ2v) is 4.31. The molecule has 0 amide bonds. The molecule has 0 unspecified atom stereocenters. The van der Waals surface area contributed by atoms with E-state index in [1.165, 1.54) is 0 Å². The van der Waals surface area contributed by atoms with Crippen LogP contribution in [0.25, 0.3) is 10.9 Å². The van der Waals surface area contributed by atoms with E-state index in [1.807, 2.05) is 0 Å². The lowest BCUT2D eigenvalue weighted by Crippen LogP contribution is -2.23. The lowest BCUT2D eigenvalue weighted by molar-refractivity contribution is 0.415. The molecule has 1 aliphatic rings. The molecule has 1 aromatic carbocycles. The molecular formula is C14H18N2O. The van der Waals surface area contributed by atoms with Gasteiger partial charge in [-0.2, -0.15) is 0 Å². The Bertz CT molecular complexity index is 673. The van der Waals surface area contributed by atoms with E-state index in [4.69, 9.17) is 11.6 Å². The number of methoxy groups -OCH3 is 1. The zero-order valence-corrected chi connectivity index (χ0v) is 9.42. The highest BCUT2D eigenvalue weighted by atomic mass is 16.5. The lowest BCUT2D eigenvalue weighted by Gasteiger charge is -2.09. The molecule has 2 heterocycles. The number of rotatable bonds is 3. The highest BCUT2D eigenvalue weighted by Gasteiger charge is 2.16. The van der Waals surface area contributed by atoms with Gasteiger partial charge in [-0.05, 0) is 49.5 Å². The maximum absolute atomic E-state index is 8.45. The van der Waals surface area contributed by atoms with Gasteiger partial charge in [-0.3, -0.25) is 0 Å². The van der Waals surface area contributed by atoms with Gasteiger partial charge < -0.3 is 15.0 Å². The molecule has 3 heteroatoms. The van der Waals surface area contributed by atoms with Crippen LogP contribution in [-0.4, -0.2) is 24.6 Å². The van der Waals surface area contributed by atoms with Crippen molar-refractivity contribution in [2.24, 2.45) is 0 Å². The molecule has 0 radical (unpaired) electrons. The van der Waals surface area contributed by atoms with Gasteiger partial charge in [0.2, 0.25) is 0 Å². The molecule has 2 aromatic rings. The Morgan fingerprint density at radius 2 is 2.59 bits per heavy atom. The first-order valence-corrected chi connectivity index (χ1v) is 5.81. The molecule has 1 saturated heterocycles. The van der Waals surface area contributed by atoms with E-state index in [-0.39, 0.29) is 11.8 Å². The van der Waals surface area contributed by atoms with E-state index >= 15 is 0 Å². The van der Waals surface area contributed by atoms with Crippen LogP contribution in [0.4, 0.5) is 0 Å². The first kappa shape index (κ1) is 6.45. The average Bonchev–Trinajstić information content (AvgIpc) is 3.06. The Morgan fingerprint density at radius 1 is 1.59 bits per heavy atom. The van der Waals surface area contributed by atoms with E-state index in [0.717, 1.165) is 24.9 Å². The van der Waals surface area contributed by atoms with Crippen LogP contribution in [0.5, 0.6) is 5.75 Å². The van der Waals surface area contributed by atoms with Gasteiger partial charge in [0.25, 0.3) is 0 Å². The van der Waals surface area contributed by atoms with Crippen LogP contribution in [-0.2, 0) is 6.37 Å². The third kappa shape index (κ3) is 2.03. The number of benzene rings is 1. The lowest BCUT2D eigenvalue weighted by atomic mass is 10.0. The van der Waals surface area contributed by atoms with Gasteiger partial charge in [0, 0.05) is 25.9 Å². The number of nitrogens with one attached hydrogen (secondary N) is 2. The van der Waals surface area contributed by atoms with Crippen molar-refractivity contribution >= 4 is 10.9 Å². The summed E-state index contributed by atoms with van der Waals surface area (Å²) in [6.45, 7) is 0.819. The Balaban J connectivity index is 2.01. The summed E-state index contributed by atoms with van der Waals surface area (Å²) in [6, 6.07) is 4.62. The smallest absolute Gasteiger partial charge is 0.119 e. The number of hydrogen-bond donors (Lipinski definition) is 2. The third-order valence-corrected chi connectivity index (χ3v) is 3.16. The minimum atomic E-state index is -2.52. The van der Waals surface area contributed by atoms with Gasteiger partial charge in [0.15, 0.2) is 0 Å². The Labute approximate surface area is 108 Å². The van der Waals surface area contributed by atoms with Crippen molar-refractivity contribution in [1.82, 2.24) is 10.3 Å². The van der Waals surface area contributed by atoms with Crippen molar-refractivity contribution in [2.75, 3.05) is 13.6 Å². The average molecular weight is 235 g/mol. The minimum Gasteiger partial charge on any atom is -0.497 e. The van der Waals surface area contributed by atoms with Crippen LogP contribution in [0.3, 0.4) is 0 Å². The molecule has 0 aliphatic carbocycles. The van der Waals surface area contributed by atoms with E-state index < -0.39 is 13.4 Å². The largest absolute Gasteiger partial charge is 0.497 e. The molecular weight excluding hydrogens is 212 g/mol. The standard InChI is InChI=1S/C14H18N2O/c1-17-12-4-5-14-13(8-12)10(9-16-14)7-11-3-2-6-15-11/h4-5,8-9,11,15-16H,2-3,6-7H2,1H3/t11-/m0/s1/i1D3,7D2. The highest BCUT2D eigenvalue weighted by molar-refractivity contribution is 5.84. The van der Waals surface area contributed by atoms with Gasteiger partial charge >= 0.3 is 0 Å². The molecule has 90 valence electrons. The van der Waals surface area contributed by atoms with Crippen molar-refractivity contribution in [1.29, 1.82) is 0 Å². The van der Waals surface area contributed by atoms with Gasteiger partial charge in [0.05, 0.1) is 11.2 Å². The second kappa shape index (κ2) is 4.41. The molecule has 3 rings (SSSR count). The van der Waals surface area contributed by atoms with Crippen LogP contribution < -0.4 is 10.1 Å². The van der Waals surface area contributed by atoms with E-state index in [9.17, 15) is 0 Å². The van der Waals surface area contributed by atoms with Gasteiger partial charge in [-0.1, -0.05) is 0 Å². The number of H-pyrrole nitrogens is 1. The summed E-state index contributed by atoms with van der Waals surface area (Å²) in [5.74, 6) is 0.212. The highest BCUT2D eigenvalue weighted by Crippen LogP contribution is 2.25. The van der Waals surface area contributed by atoms with Gasteiger partial charge in [-0.25, -0.2) is 0 Å². The van der Waals surface area contributed by atoms with Crippen LogP contribution in [0.2, 0.25) is 0 Å². The molecule has 1 atom stereocenters. The normalized spacial score (nSPS) is 25.9.